The third-order valence-corrected chi connectivity index (χ3v) is 3.31. The first-order valence-corrected chi connectivity index (χ1v) is 7.71. The lowest BCUT2D eigenvalue weighted by Gasteiger charge is -2.06. The summed E-state index contributed by atoms with van der Waals surface area (Å²) in [6.07, 6.45) is 15.0. The van der Waals surface area contributed by atoms with Gasteiger partial charge in [0.25, 0.3) is 0 Å². The molecule has 2 N–H and O–H groups in total. The Morgan fingerprint density at radius 1 is 1.00 bits per heavy atom. The zero-order valence-electron chi connectivity index (χ0n) is 12.3. The van der Waals surface area contributed by atoms with Crippen LogP contribution in [0.15, 0.2) is 12.2 Å². The van der Waals surface area contributed by atoms with Crippen LogP contribution in [0.25, 0.3) is 0 Å². The molecule has 0 rings (SSSR count). The summed E-state index contributed by atoms with van der Waals surface area (Å²) < 4.78 is 0. The molecule has 0 saturated carbocycles. The van der Waals surface area contributed by atoms with Gasteiger partial charge in [-0.25, -0.2) is 0 Å². The molecule has 3 nitrogen and oxygen atoms in total. The van der Waals surface area contributed by atoms with Crippen molar-refractivity contribution in [3.05, 3.63) is 12.2 Å². The molecule has 0 radical (unpaired) electrons. The summed E-state index contributed by atoms with van der Waals surface area (Å²) in [7, 11) is 0. The van der Waals surface area contributed by atoms with Gasteiger partial charge in [0, 0.05) is 6.42 Å². The van der Waals surface area contributed by atoms with Crippen molar-refractivity contribution < 1.29 is 15.0 Å². The Morgan fingerprint density at radius 2 is 1.58 bits per heavy atom. The van der Waals surface area contributed by atoms with Gasteiger partial charge in [-0.3, -0.25) is 4.79 Å². The molecule has 0 aliphatic carbocycles. The van der Waals surface area contributed by atoms with E-state index in [0.29, 0.717) is 0 Å². The predicted molar refractivity (Wildman–Crippen MR) is 79.2 cm³/mol. The number of aliphatic hydroxyl groups excluding tert-OH is 1. The van der Waals surface area contributed by atoms with Gasteiger partial charge in [0.2, 0.25) is 0 Å². The average Bonchev–Trinajstić information content (AvgIpc) is 2.39. The van der Waals surface area contributed by atoms with Crippen molar-refractivity contribution in [2.75, 3.05) is 0 Å². The van der Waals surface area contributed by atoms with Gasteiger partial charge in [0.05, 0.1) is 6.10 Å². The lowest BCUT2D eigenvalue weighted by molar-refractivity contribution is -0.137. The van der Waals surface area contributed by atoms with Crippen molar-refractivity contribution in [3.63, 3.8) is 0 Å². The van der Waals surface area contributed by atoms with Gasteiger partial charge in [-0.2, -0.15) is 0 Å². The number of rotatable bonds is 13. The van der Waals surface area contributed by atoms with Gasteiger partial charge in [0.1, 0.15) is 0 Å². The zero-order chi connectivity index (χ0) is 14.3. The number of aliphatic hydroxyl groups is 1. The molecule has 0 amide bonds. The molecule has 0 aliphatic rings. The largest absolute Gasteiger partial charge is 0.481 e. The first kappa shape index (κ1) is 18.2. The SMILES string of the molecule is CCC(O)CCCCCC/C=C\CCCCC(=O)O. The van der Waals surface area contributed by atoms with E-state index in [2.05, 4.69) is 12.2 Å². The second-order valence-electron chi connectivity index (χ2n) is 5.16. The number of hydrogen-bond donors (Lipinski definition) is 2. The lowest BCUT2D eigenvalue weighted by Crippen LogP contribution is -2.03. The molecular weight excluding hydrogens is 240 g/mol. The first-order valence-electron chi connectivity index (χ1n) is 7.71. The standard InChI is InChI=1S/C16H30O3/c1-2-15(17)13-11-9-7-5-3-4-6-8-10-12-14-16(18)19/h4,6,15,17H,2-3,5,7-14H2,1H3,(H,18,19)/b6-4-. The fourth-order valence-electron chi connectivity index (χ4n) is 1.97. The van der Waals surface area contributed by atoms with Gasteiger partial charge in [-0.05, 0) is 44.9 Å². The summed E-state index contributed by atoms with van der Waals surface area (Å²) >= 11 is 0. The van der Waals surface area contributed by atoms with Crippen LogP contribution in [0.1, 0.15) is 77.6 Å². The second-order valence-corrected chi connectivity index (χ2v) is 5.16. The van der Waals surface area contributed by atoms with Crippen molar-refractivity contribution >= 4 is 5.97 Å². The van der Waals surface area contributed by atoms with Gasteiger partial charge in [0.15, 0.2) is 0 Å². The zero-order valence-corrected chi connectivity index (χ0v) is 12.3. The number of carbonyl (C=O) groups is 1. The van der Waals surface area contributed by atoms with Crippen LogP contribution in [0.3, 0.4) is 0 Å². The van der Waals surface area contributed by atoms with Crippen molar-refractivity contribution in [1.82, 2.24) is 0 Å². The number of hydrogen-bond acceptors (Lipinski definition) is 2. The maximum Gasteiger partial charge on any atom is 0.303 e. The second kappa shape index (κ2) is 13.6. The van der Waals surface area contributed by atoms with Crippen LogP contribution in [-0.2, 0) is 4.79 Å². The van der Waals surface area contributed by atoms with Gasteiger partial charge < -0.3 is 10.2 Å². The molecule has 0 aromatic rings. The molecule has 0 fully saturated rings. The van der Waals surface area contributed by atoms with E-state index < -0.39 is 5.97 Å². The maximum absolute atomic E-state index is 10.3. The predicted octanol–water partition coefficient (Wildman–Crippen LogP) is 4.30. The molecule has 112 valence electrons. The Morgan fingerprint density at radius 3 is 2.16 bits per heavy atom. The Labute approximate surface area is 117 Å². The Kier molecular flexibility index (Phi) is 13.0. The highest BCUT2D eigenvalue weighted by molar-refractivity contribution is 5.66. The molecule has 0 aromatic heterocycles. The van der Waals surface area contributed by atoms with Crippen molar-refractivity contribution in [2.24, 2.45) is 0 Å². The normalized spacial score (nSPS) is 12.9. The van der Waals surface area contributed by atoms with Crippen LogP contribution in [0.5, 0.6) is 0 Å². The third-order valence-electron chi connectivity index (χ3n) is 3.31. The molecule has 19 heavy (non-hydrogen) atoms. The highest BCUT2D eigenvalue weighted by Gasteiger charge is 1.99. The van der Waals surface area contributed by atoms with E-state index in [0.717, 1.165) is 44.9 Å². The Balaban J connectivity index is 3.15. The van der Waals surface area contributed by atoms with Crippen LogP contribution in [0.4, 0.5) is 0 Å². The number of carboxylic acid groups (broad SMARTS) is 1. The van der Waals surface area contributed by atoms with E-state index in [9.17, 15) is 9.90 Å². The molecule has 0 bridgehead atoms. The molecule has 3 heteroatoms. The monoisotopic (exact) mass is 270 g/mol. The van der Waals surface area contributed by atoms with E-state index in [4.69, 9.17) is 5.11 Å². The van der Waals surface area contributed by atoms with Crippen molar-refractivity contribution in [2.45, 2.75) is 83.7 Å². The number of carboxylic acids is 1. The minimum Gasteiger partial charge on any atom is -0.481 e. The fourth-order valence-corrected chi connectivity index (χ4v) is 1.97. The molecule has 0 aromatic carbocycles. The van der Waals surface area contributed by atoms with Crippen LogP contribution >= 0.6 is 0 Å². The average molecular weight is 270 g/mol. The van der Waals surface area contributed by atoms with Gasteiger partial charge in [-0.1, -0.05) is 38.3 Å². The van der Waals surface area contributed by atoms with Gasteiger partial charge in [-0.15, -0.1) is 0 Å². The maximum atomic E-state index is 10.3. The molecule has 0 spiro atoms. The van der Waals surface area contributed by atoms with Gasteiger partial charge >= 0.3 is 5.97 Å². The molecule has 1 atom stereocenters. The minimum atomic E-state index is -0.697. The summed E-state index contributed by atoms with van der Waals surface area (Å²) in [4.78, 5) is 10.3. The van der Waals surface area contributed by atoms with E-state index in [1.807, 2.05) is 6.92 Å². The van der Waals surface area contributed by atoms with Crippen molar-refractivity contribution in [3.8, 4) is 0 Å². The van der Waals surface area contributed by atoms with E-state index in [-0.39, 0.29) is 12.5 Å². The van der Waals surface area contributed by atoms with Crippen LogP contribution < -0.4 is 0 Å². The summed E-state index contributed by atoms with van der Waals surface area (Å²) in [5, 5.41) is 17.9. The number of allylic oxidation sites excluding steroid dienone is 2. The van der Waals surface area contributed by atoms with Crippen LogP contribution in [-0.4, -0.2) is 22.3 Å². The van der Waals surface area contributed by atoms with Crippen molar-refractivity contribution in [1.29, 1.82) is 0 Å². The summed E-state index contributed by atoms with van der Waals surface area (Å²) in [6, 6.07) is 0. The first-order chi connectivity index (χ1) is 9.16. The Hall–Kier alpha value is -0.830. The highest BCUT2D eigenvalue weighted by Crippen LogP contribution is 2.09. The lowest BCUT2D eigenvalue weighted by atomic mass is 10.1. The summed E-state index contributed by atoms with van der Waals surface area (Å²) in [5.74, 6) is -0.697. The number of aliphatic carboxylic acids is 1. The van der Waals surface area contributed by atoms with Crippen LogP contribution in [0.2, 0.25) is 0 Å². The summed E-state index contributed by atoms with van der Waals surface area (Å²) in [5.41, 5.74) is 0. The van der Waals surface area contributed by atoms with E-state index in [1.54, 1.807) is 0 Å². The smallest absolute Gasteiger partial charge is 0.303 e. The highest BCUT2D eigenvalue weighted by atomic mass is 16.4. The quantitative estimate of drug-likeness (QED) is 0.387. The van der Waals surface area contributed by atoms with Crippen LogP contribution in [0, 0.1) is 0 Å². The Bertz CT molecular complexity index is 236. The van der Waals surface area contributed by atoms with E-state index >= 15 is 0 Å². The molecular formula is C16H30O3. The molecule has 1 unspecified atom stereocenters. The fraction of sp³-hybridized carbons (Fsp3) is 0.812. The molecule has 0 heterocycles. The number of unbranched alkanes of at least 4 members (excludes halogenated alkanes) is 6. The molecule has 0 saturated heterocycles. The molecule has 0 aliphatic heterocycles. The summed E-state index contributed by atoms with van der Waals surface area (Å²) in [6.45, 7) is 2.02. The third kappa shape index (κ3) is 15.1. The minimum absolute atomic E-state index is 0.106. The van der Waals surface area contributed by atoms with E-state index in [1.165, 1.54) is 19.3 Å². The topological polar surface area (TPSA) is 57.5 Å².